The summed E-state index contributed by atoms with van der Waals surface area (Å²) in [6.45, 7) is 2.91. The predicted octanol–water partition coefficient (Wildman–Crippen LogP) is 2.89. The van der Waals surface area contributed by atoms with Crippen LogP contribution in [-0.2, 0) is 6.54 Å². The Hall–Kier alpha value is -1.66. The summed E-state index contributed by atoms with van der Waals surface area (Å²) in [5.74, 6) is 1.21. The minimum atomic E-state index is 0.268. The third-order valence-corrected chi connectivity index (χ3v) is 2.75. The van der Waals surface area contributed by atoms with Crippen LogP contribution < -0.4 is 15.2 Å². The number of benzene rings is 1. The highest BCUT2D eigenvalue weighted by Gasteiger charge is 2.08. The number of rotatable bonds is 5. The van der Waals surface area contributed by atoms with Crippen LogP contribution in [0.4, 0.5) is 0 Å². The third kappa shape index (κ3) is 3.65. The molecule has 0 saturated heterocycles. The molecule has 5 nitrogen and oxygen atoms in total. The molecule has 2 rings (SSSR count). The van der Waals surface area contributed by atoms with Crippen LogP contribution in [0.5, 0.6) is 17.5 Å². The maximum Gasteiger partial charge on any atom is 0.322 e. The van der Waals surface area contributed by atoms with Gasteiger partial charge < -0.3 is 15.2 Å². The largest absolute Gasteiger partial charge is 0.490 e. The second-order valence-electron chi connectivity index (χ2n) is 3.70. The normalized spacial score (nSPS) is 10.3. The summed E-state index contributed by atoms with van der Waals surface area (Å²) in [4.78, 5) is 8.11. The summed E-state index contributed by atoms with van der Waals surface area (Å²) in [6.07, 6.45) is 3.24. The van der Waals surface area contributed by atoms with E-state index in [0.29, 0.717) is 24.7 Å². The first-order chi connectivity index (χ1) is 9.22. The molecule has 0 atom stereocenters. The van der Waals surface area contributed by atoms with Gasteiger partial charge in [-0.15, -0.1) is 0 Å². The van der Waals surface area contributed by atoms with E-state index < -0.39 is 0 Å². The Bertz CT molecular complexity index is 546. The molecule has 0 aliphatic heterocycles. The zero-order valence-corrected chi connectivity index (χ0v) is 12.1. The third-order valence-electron chi connectivity index (χ3n) is 2.34. The van der Waals surface area contributed by atoms with Gasteiger partial charge in [-0.25, -0.2) is 9.97 Å². The molecule has 1 aromatic heterocycles. The molecule has 100 valence electrons. The van der Waals surface area contributed by atoms with Crippen LogP contribution in [-0.4, -0.2) is 16.6 Å². The van der Waals surface area contributed by atoms with E-state index in [1.807, 2.05) is 19.1 Å². The first-order valence-electron chi connectivity index (χ1n) is 5.84. The number of hydrogen-bond acceptors (Lipinski definition) is 5. The van der Waals surface area contributed by atoms with E-state index in [1.54, 1.807) is 18.5 Å². The van der Waals surface area contributed by atoms with Gasteiger partial charge in [-0.05, 0) is 40.5 Å². The van der Waals surface area contributed by atoms with Crippen LogP contribution in [0.3, 0.4) is 0 Å². The average molecular weight is 324 g/mol. The summed E-state index contributed by atoms with van der Waals surface area (Å²) in [6, 6.07) is 5.82. The van der Waals surface area contributed by atoms with Crippen molar-refractivity contribution in [1.82, 2.24) is 9.97 Å². The molecule has 1 aromatic carbocycles. The molecule has 0 radical (unpaired) electrons. The van der Waals surface area contributed by atoms with Crippen molar-refractivity contribution in [2.45, 2.75) is 13.5 Å². The lowest BCUT2D eigenvalue weighted by atomic mass is 10.2. The van der Waals surface area contributed by atoms with Crippen molar-refractivity contribution in [3.05, 3.63) is 40.6 Å². The molecule has 19 heavy (non-hydrogen) atoms. The van der Waals surface area contributed by atoms with Gasteiger partial charge in [-0.1, -0.05) is 6.07 Å². The van der Waals surface area contributed by atoms with Gasteiger partial charge in [0.15, 0.2) is 11.5 Å². The minimum Gasteiger partial charge on any atom is -0.490 e. The first-order valence-corrected chi connectivity index (χ1v) is 6.63. The van der Waals surface area contributed by atoms with E-state index in [0.717, 1.165) is 10.0 Å². The summed E-state index contributed by atoms with van der Waals surface area (Å²) in [7, 11) is 0. The molecule has 0 amide bonds. The summed E-state index contributed by atoms with van der Waals surface area (Å²) in [5, 5.41) is 0. The fourth-order valence-electron chi connectivity index (χ4n) is 1.48. The van der Waals surface area contributed by atoms with Gasteiger partial charge in [0.2, 0.25) is 0 Å². The number of hydrogen-bond donors (Lipinski definition) is 1. The quantitative estimate of drug-likeness (QED) is 0.916. The second kappa shape index (κ2) is 6.49. The molecule has 0 bridgehead atoms. The lowest BCUT2D eigenvalue weighted by Gasteiger charge is -2.11. The highest BCUT2D eigenvalue weighted by molar-refractivity contribution is 9.10. The van der Waals surface area contributed by atoms with Gasteiger partial charge in [-0.2, -0.15) is 0 Å². The Morgan fingerprint density at radius 1 is 1.21 bits per heavy atom. The molecule has 0 spiro atoms. The van der Waals surface area contributed by atoms with Crippen molar-refractivity contribution in [3.63, 3.8) is 0 Å². The fourth-order valence-corrected chi connectivity index (χ4v) is 1.69. The first kappa shape index (κ1) is 13.8. The number of halogens is 1. The van der Waals surface area contributed by atoms with Crippen molar-refractivity contribution in [2.75, 3.05) is 6.61 Å². The van der Waals surface area contributed by atoms with Gasteiger partial charge in [-0.3, -0.25) is 0 Å². The van der Waals surface area contributed by atoms with Gasteiger partial charge in [0.1, 0.15) is 0 Å². The van der Waals surface area contributed by atoms with E-state index in [4.69, 9.17) is 15.2 Å². The Morgan fingerprint density at radius 2 is 1.95 bits per heavy atom. The number of nitrogens with zero attached hydrogens (tertiary/aromatic N) is 2. The van der Waals surface area contributed by atoms with Gasteiger partial charge in [0.25, 0.3) is 0 Å². The molecule has 0 fully saturated rings. The molecule has 0 saturated carbocycles. The van der Waals surface area contributed by atoms with Crippen LogP contribution in [0.1, 0.15) is 12.5 Å². The van der Waals surface area contributed by atoms with Crippen molar-refractivity contribution in [2.24, 2.45) is 5.73 Å². The molecule has 0 aliphatic rings. The standard InChI is InChI=1S/C13H14BrN3O2/c1-2-18-12-5-9(6-15)3-4-11(12)19-13-16-7-10(14)8-17-13/h3-5,7-8H,2,6,15H2,1H3. The summed E-state index contributed by atoms with van der Waals surface area (Å²) < 4.78 is 11.9. The monoisotopic (exact) mass is 323 g/mol. The molecule has 0 unspecified atom stereocenters. The average Bonchev–Trinajstić information content (AvgIpc) is 2.43. The maximum atomic E-state index is 5.61. The fraction of sp³-hybridized carbons (Fsp3) is 0.231. The highest BCUT2D eigenvalue weighted by Crippen LogP contribution is 2.31. The van der Waals surface area contributed by atoms with Crippen LogP contribution >= 0.6 is 15.9 Å². The smallest absolute Gasteiger partial charge is 0.322 e. The van der Waals surface area contributed by atoms with E-state index in [9.17, 15) is 0 Å². The summed E-state index contributed by atoms with van der Waals surface area (Å²) in [5.41, 5.74) is 6.59. The van der Waals surface area contributed by atoms with Crippen LogP contribution in [0.25, 0.3) is 0 Å². The van der Waals surface area contributed by atoms with Crippen LogP contribution in [0.2, 0.25) is 0 Å². The highest BCUT2D eigenvalue weighted by atomic mass is 79.9. The number of aromatic nitrogens is 2. The minimum absolute atomic E-state index is 0.268. The SMILES string of the molecule is CCOc1cc(CN)ccc1Oc1ncc(Br)cn1. The number of ether oxygens (including phenoxy) is 2. The van der Waals surface area contributed by atoms with E-state index in [-0.39, 0.29) is 6.01 Å². The van der Waals surface area contributed by atoms with Crippen molar-refractivity contribution in [3.8, 4) is 17.5 Å². The van der Waals surface area contributed by atoms with E-state index in [1.165, 1.54) is 0 Å². The van der Waals surface area contributed by atoms with Crippen molar-refractivity contribution in [1.29, 1.82) is 0 Å². The van der Waals surface area contributed by atoms with Crippen LogP contribution in [0, 0.1) is 0 Å². The molecule has 6 heteroatoms. The zero-order chi connectivity index (χ0) is 13.7. The molecule has 2 N–H and O–H groups in total. The van der Waals surface area contributed by atoms with Gasteiger partial charge >= 0.3 is 6.01 Å². The molecular formula is C13H14BrN3O2. The second-order valence-corrected chi connectivity index (χ2v) is 4.62. The van der Waals surface area contributed by atoms with Crippen molar-refractivity contribution < 1.29 is 9.47 Å². The van der Waals surface area contributed by atoms with E-state index in [2.05, 4.69) is 25.9 Å². The predicted molar refractivity (Wildman–Crippen MR) is 75.3 cm³/mol. The molecular weight excluding hydrogens is 310 g/mol. The van der Waals surface area contributed by atoms with Crippen LogP contribution in [0.15, 0.2) is 35.1 Å². The maximum absolute atomic E-state index is 5.61. The van der Waals surface area contributed by atoms with E-state index >= 15 is 0 Å². The van der Waals surface area contributed by atoms with Gasteiger partial charge in [0, 0.05) is 18.9 Å². The molecule has 2 aromatic rings. The lowest BCUT2D eigenvalue weighted by Crippen LogP contribution is -2.00. The Balaban J connectivity index is 2.25. The Labute approximate surface area is 119 Å². The Morgan fingerprint density at radius 3 is 2.58 bits per heavy atom. The van der Waals surface area contributed by atoms with Crippen molar-refractivity contribution >= 4 is 15.9 Å². The number of nitrogens with two attached hydrogens (primary N) is 1. The molecule has 0 aliphatic carbocycles. The summed E-state index contributed by atoms with van der Waals surface area (Å²) >= 11 is 3.27. The van der Waals surface area contributed by atoms with Gasteiger partial charge in [0.05, 0.1) is 11.1 Å². The zero-order valence-electron chi connectivity index (χ0n) is 10.5. The Kier molecular flexibility index (Phi) is 4.70. The molecule has 1 heterocycles. The lowest BCUT2D eigenvalue weighted by molar-refractivity contribution is 0.316. The topological polar surface area (TPSA) is 70.3 Å².